The third-order valence-electron chi connectivity index (χ3n) is 5.52. The molecule has 0 bridgehead atoms. The molecule has 2 amide bonds. The summed E-state index contributed by atoms with van der Waals surface area (Å²) >= 11 is 0. The Bertz CT molecular complexity index is 1210. The van der Waals surface area contributed by atoms with Crippen LogP contribution in [-0.4, -0.2) is 37.7 Å². The summed E-state index contributed by atoms with van der Waals surface area (Å²) in [6.07, 6.45) is 1.48. The van der Waals surface area contributed by atoms with Crippen LogP contribution >= 0.6 is 0 Å². The van der Waals surface area contributed by atoms with E-state index in [2.05, 4.69) is 10.0 Å². The lowest BCUT2D eigenvalue weighted by Gasteiger charge is -2.33. The molecule has 0 saturated carbocycles. The highest BCUT2D eigenvalue weighted by Gasteiger charge is 2.33. The molecule has 0 aliphatic carbocycles. The largest absolute Gasteiger partial charge is 0.467 e. The fourth-order valence-electron chi connectivity index (χ4n) is 3.66. The van der Waals surface area contributed by atoms with E-state index in [0.29, 0.717) is 12.3 Å². The molecule has 9 heteroatoms. The predicted molar refractivity (Wildman–Crippen MR) is 133 cm³/mol. The van der Waals surface area contributed by atoms with Crippen molar-refractivity contribution in [3.05, 3.63) is 89.9 Å². The number of nitrogens with one attached hydrogen (secondary N) is 2. The smallest absolute Gasteiger partial charge is 0.243 e. The van der Waals surface area contributed by atoms with Crippen molar-refractivity contribution in [2.75, 3.05) is 6.54 Å². The molecule has 1 heterocycles. The highest BCUT2D eigenvalue weighted by Crippen LogP contribution is 2.17. The van der Waals surface area contributed by atoms with Crippen molar-refractivity contribution < 1.29 is 22.4 Å². The predicted octanol–water partition coefficient (Wildman–Crippen LogP) is 3.24. The Labute approximate surface area is 206 Å². The average molecular weight is 498 g/mol. The molecule has 0 spiro atoms. The van der Waals surface area contributed by atoms with Gasteiger partial charge in [-0.1, -0.05) is 61.9 Å². The molecule has 0 aliphatic heterocycles. The number of carbonyl (C=O) groups is 2. The van der Waals surface area contributed by atoms with Crippen LogP contribution in [-0.2, 0) is 32.7 Å². The maximum atomic E-state index is 13.3. The van der Waals surface area contributed by atoms with Gasteiger partial charge in [-0.2, -0.15) is 0 Å². The molecule has 0 saturated heterocycles. The molecule has 1 aromatic heterocycles. The van der Waals surface area contributed by atoms with E-state index in [4.69, 9.17) is 4.42 Å². The number of sulfonamides is 1. The van der Waals surface area contributed by atoms with Crippen LogP contribution in [0.15, 0.2) is 82.3 Å². The monoisotopic (exact) mass is 497 g/mol. The molecular weight excluding hydrogens is 466 g/mol. The van der Waals surface area contributed by atoms with Gasteiger partial charge in [0.1, 0.15) is 11.8 Å². The van der Waals surface area contributed by atoms with Gasteiger partial charge in [-0.15, -0.1) is 0 Å². The van der Waals surface area contributed by atoms with Crippen LogP contribution in [0.5, 0.6) is 0 Å². The van der Waals surface area contributed by atoms with Crippen molar-refractivity contribution in [3.8, 4) is 0 Å². The second-order valence-electron chi connectivity index (χ2n) is 8.63. The average Bonchev–Trinajstić information content (AvgIpc) is 3.35. The first-order valence-corrected chi connectivity index (χ1v) is 12.9. The lowest BCUT2D eigenvalue weighted by molar-refractivity contribution is -0.142. The molecule has 8 nitrogen and oxygen atoms in total. The van der Waals surface area contributed by atoms with Crippen LogP contribution in [0.3, 0.4) is 0 Å². The Kier molecular flexibility index (Phi) is 8.84. The molecule has 2 N–H and O–H groups in total. The van der Waals surface area contributed by atoms with Crippen LogP contribution in [0.1, 0.15) is 30.7 Å². The summed E-state index contributed by atoms with van der Waals surface area (Å²) in [4.78, 5) is 27.9. The zero-order valence-electron chi connectivity index (χ0n) is 20.1. The minimum absolute atomic E-state index is 0.0275. The first-order chi connectivity index (χ1) is 16.7. The first kappa shape index (κ1) is 26.2. The summed E-state index contributed by atoms with van der Waals surface area (Å²) in [6.45, 7) is 5.38. The van der Waals surface area contributed by atoms with Crippen molar-refractivity contribution in [1.82, 2.24) is 14.9 Å². The number of rotatable bonds is 11. The molecule has 0 unspecified atom stereocenters. The molecule has 0 fully saturated rings. The van der Waals surface area contributed by atoms with Crippen LogP contribution in [0, 0.1) is 12.8 Å². The number of aryl methyl sites for hydroxylation is 1. The van der Waals surface area contributed by atoms with Crippen LogP contribution in [0.25, 0.3) is 0 Å². The quantitative estimate of drug-likeness (QED) is 0.423. The summed E-state index contributed by atoms with van der Waals surface area (Å²) in [5, 5.41) is 2.90. The Morgan fingerprint density at radius 2 is 1.66 bits per heavy atom. The number of hydrogen-bond donors (Lipinski definition) is 2. The minimum atomic E-state index is -3.90. The van der Waals surface area contributed by atoms with E-state index in [0.717, 1.165) is 11.1 Å². The van der Waals surface area contributed by atoms with Gasteiger partial charge < -0.3 is 14.6 Å². The fourth-order valence-corrected chi connectivity index (χ4v) is 4.64. The maximum Gasteiger partial charge on any atom is 0.243 e. The Morgan fingerprint density at radius 1 is 0.971 bits per heavy atom. The van der Waals surface area contributed by atoms with Gasteiger partial charge >= 0.3 is 0 Å². The van der Waals surface area contributed by atoms with Gasteiger partial charge in [0.25, 0.3) is 0 Å². The number of benzene rings is 2. The highest BCUT2D eigenvalue weighted by atomic mass is 32.2. The molecule has 3 aromatic rings. The summed E-state index contributed by atoms with van der Waals surface area (Å²) < 4.78 is 33.2. The third kappa shape index (κ3) is 7.27. The van der Waals surface area contributed by atoms with E-state index >= 15 is 0 Å². The first-order valence-electron chi connectivity index (χ1n) is 11.4. The van der Waals surface area contributed by atoms with Gasteiger partial charge in [-0.25, -0.2) is 13.1 Å². The normalized spacial score (nSPS) is 12.3. The number of amides is 2. The number of hydrogen-bond acceptors (Lipinski definition) is 5. The number of nitrogens with zero attached hydrogens (tertiary/aromatic N) is 1. The zero-order chi connectivity index (χ0) is 25.4. The van der Waals surface area contributed by atoms with Gasteiger partial charge in [0, 0.05) is 6.54 Å². The third-order valence-corrected chi connectivity index (χ3v) is 6.93. The zero-order valence-corrected chi connectivity index (χ0v) is 20.9. The Balaban J connectivity index is 1.78. The lowest BCUT2D eigenvalue weighted by atomic mass is 10.0. The summed E-state index contributed by atoms with van der Waals surface area (Å²) in [5.41, 5.74) is 1.85. The van der Waals surface area contributed by atoms with Gasteiger partial charge in [-0.05, 0) is 42.7 Å². The van der Waals surface area contributed by atoms with Gasteiger partial charge in [0.15, 0.2) is 0 Å². The second kappa shape index (κ2) is 11.8. The van der Waals surface area contributed by atoms with Gasteiger partial charge in [-0.3, -0.25) is 9.59 Å². The highest BCUT2D eigenvalue weighted by molar-refractivity contribution is 7.89. The molecule has 186 valence electrons. The molecule has 35 heavy (non-hydrogen) atoms. The van der Waals surface area contributed by atoms with Gasteiger partial charge in [0.2, 0.25) is 21.8 Å². The van der Waals surface area contributed by atoms with Crippen molar-refractivity contribution >= 4 is 21.8 Å². The van der Waals surface area contributed by atoms with Crippen LogP contribution in [0.4, 0.5) is 0 Å². The summed E-state index contributed by atoms with van der Waals surface area (Å²) in [7, 11) is -3.90. The van der Waals surface area contributed by atoms with E-state index in [-0.39, 0.29) is 23.3 Å². The summed E-state index contributed by atoms with van der Waals surface area (Å²) in [6, 6.07) is 18.4. The number of furan rings is 1. The van der Waals surface area contributed by atoms with Crippen molar-refractivity contribution in [2.24, 2.45) is 5.92 Å². The van der Waals surface area contributed by atoms with E-state index in [1.807, 2.05) is 51.1 Å². The standard InChI is InChI=1S/C26H31N3O5S/c1-19(2)25(26(31)27-16-21-8-5-4-6-9-21)29(18-22-10-7-15-34-22)24(30)17-28-35(32,33)23-13-11-20(3)12-14-23/h4-15,19,25,28H,16-18H2,1-3H3,(H,27,31)/t25-/m1/s1. The van der Waals surface area contributed by atoms with E-state index in [9.17, 15) is 18.0 Å². The van der Waals surface area contributed by atoms with Gasteiger partial charge in [0.05, 0.1) is 24.2 Å². The maximum absolute atomic E-state index is 13.3. The Morgan fingerprint density at radius 3 is 2.26 bits per heavy atom. The van der Waals surface area contributed by atoms with E-state index in [1.165, 1.54) is 23.3 Å². The van der Waals surface area contributed by atoms with Crippen LogP contribution < -0.4 is 10.0 Å². The molecule has 1 atom stereocenters. The molecule has 3 rings (SSSR count). The SMILES string of the molecule is Cc1ccc(S(=O)(=O)NCC(=O)N(Cc2ccco2)[C@@H](C(=O)NCc2ccccc2)C(C)C)cc1. The lowest BCUT2D eigenvalue weighted by Crippen LogP contribution is -2.53. The Hall–Kier alpha value is -3.43. The molecule has 0 aliphatic rings. The second-order valence-corrected chi connectivity index (χ2v) is 10.4. The topological polar surface area (TPSA) is 109 Å². The minimum Gasteiger partial charge on any atom is -0.467 e. The molecular formula is C26H31N3O5S. The van der Waals surface area contributed by atoms with Crippen molar-refractivity contribution in [1.29, 1.82) is 0 Å². The molecule has 2 aromatic carbocycles. The number of carbonyl (C=O) groups excluding carboxylic acids is 2. The van der Waals surface area contributed by atoms with Crippen molar-refractivity contribution in [2.45, 2.75) is 44.8 Å². The summed E-state index contributed by atoms with van der Waals surface area (Å²) in [5.74, 6) is -0.615. The molecule has 0 radical (unpaired) electrons. The van der Waals surface area contributed by atoms with E-state index < -0.39 is 28.5 Å². The van der Waals surface area contributed by atoms with Crippen molar-refractivity contribution in [3.63, 3.8) is 0 Å². The van der Waals surface area contributed by atoms with Crippen LogP contribution in [0.2, 0.25) is 0 Å². The van der Waals surface area contributed by atoms with E-state index in [1.54, 1.807) is 24.3 Å². The fraction of sp³-hybridized carbons (Fsp3) is 0.308.